The van der Waals surface area contributed by atoms with Crippen molar-refractivity contribution in [3.05, 3.63) is 28.6 Å². The topological polar surface area (TPSA) is 29.3 Å². The minimum Gasteiger partial charge on any atom is -0.364 e. The molecular weight excluding hydrogens is 238 g/mol. The van der Waals surface area contributed by atoms with Crippen LogP contribution < -0.4 is 10.1 Å². The van der Waals surface area contributed by atoms with Gasteiger partial charge in [0.05, 0.1) is 10.2 Å². The molecule has 1 aromatic heterocycles. The van der Waals surface area contributed by atoms with E-state index in [1.54, 1.807) is 18.4 Å². The summed E-state index contributed by atoms with van der Waals surface area (Å²) in [6, 6.07) is 6.39. The normalized spacial score (nSPS) is 12.1. The van der Waals surface area contributed by atoms with Gasteiger partial charge in [0.25, 0.3) is 0 Å². The molecule has 0 atom stereocenters. The molecule has 0 aliphatic heterocycles. The Hall–Kier alpha value is -1.20. The first-order valence-electron chi connectivity index (χ1n) is 4.94. The molecule has 5 heteroatoms. The van der Waals surface area contributed by atoms with Crippen LogP contribution in [0.25, 0.3) is 10.2 Å². The van der Waals surface area contributed by atoms with E-state index in [9.17, 15) is 0 Å². The number of aromatic nitrogens is 1. The van der Waals surface area contributed by atoms with Crippen LogP contribution in [-0.2, 0) is 7.05 Å². The van der Waals surface area contributed by atoms with Crippen LogP contribution in [-0.4, -0.2) is 16.7 Å². The molecule has 2 rings (SSSR count). The molecule has 0 saturated carbocycles. The van der Waals surface area contributed by atoms with Gasteiger partial charge in [-0.05, 0) is 36.8 Å². The van der Waals surface area contributed by atoms with Crippen molar-refractivity contribution < 1.29 is 0 Å². The maximum atomic E-state index is 5.04. The lowest BCUT2D eigenvalue weighted by molar-refractivity contribution is 0.913. The van der Waals surface area contributed by atoms with Crippen molar-refractivity contribution >= 4 is 38.9 Å². The highest BCUT2D eigenvalue weighted by Crippen LogP contribution is 2.17. The number of aryl methyl sites for hydroxylation is 2. The molecule has 2 aromatic rings. The fourth-order valence-electron chi connectivity index (χ4n) is 1.49. The van der Waals surface area contributed by atoms with Crippen LogP contribution in [0.5, 0.6) is 0 Å². The third kappa shape index (κ3) is 2.01. The van der Waals surface area contributed by atoms with Crippen LogP contribution in [0.3, 0.4) is 0 Å². The van der Waals surface area contributed by atoms with Gasteiger partial charge in [-0.15, -0.1) is 0 Å². The van der Waals surface area contributed by atoms with Crippen LogP contribution in [0.4, 0.5) is 0 Å². The van der Waals surface area contributed by atoms with Gasteiger partial charge in [0.15, 0.2) is 9.91 Å². The predicted molar refractivity (Wildman–Crippen MR) is 72.8 cm³/mol. The number of thiazole rings is 1. The zero-order valence-electron chi connectivity index (χ0n) is 9.44. The van der Waals surface area contributed by atoms with E-state index in [4.69, 9.17) is 12.2 Å². The smallest absolute Gasteiger partial charge is 0.195 e. The Morgan fingerprint density at radius 3 is 2.94 bits per heavy atom. The van der Waals surface area contributed by atoms with Crippen molar-refractivity contribution in [3.63, 3.8) is 0 Å². The Kier molecular flexibility index (Phi) is 3.07. The zero-order valence-corrected chi connectivity index (χ0v) is 11.1. The summed E-state index contributed by atoms with van der Waals surface area (Å²) >= 11 is 6.69. The minimum atomic E-state index is 0.513. The number of rotatable bonds is 0. The lowest BCUT2D eigenvalue weighted by atomic mass is 10.2. The van der Waals surface area contributed by atoms with E-state index in [0.717, 1.165) is 4.80 Å². The summed E-state index contributed by atoms with van der Waals surface area (Å²) in [4.78, 5) is 5.26. The van der Waals surface area contributed by atoms with E-state index >= 15 is 0 Å². The zero-order chi connectivity index (χ0) is 11.7. The molecule has 1 N–H and O–H groups in total. The Balaban J connectivity index is 2.69. The van der Waals surface area contributed by atoms with Crippen LogP contribution in [0, 0.1) is 6.92 Å². The quantitative estimate of drug-likeness (QED) is 0.725. The average molecular weight is 251 g/mol. The monoisotopic (exact) mass is 251 g/mol. The van der Waals surface area contributed by atoms with Crippen molar-refractivity contribution in [1.29, 1.82) is 0 Å². The lowest BCUT2D eigenvalue weighted by Crippen LogP contribution is -2.19. The molecule has 0 amide bonds. The maximum Gasteiger partial charge on any atom is 0.195 e. The first-order valence-corrected chi connectivity index (χ1v) is 6.17. The molecule has 16 heavy (non-hydrogen) atoms. The number of hydrogen-bond acceptors (Lipinski definition) is 2. The highest BCUT2D eigenvalue weighted by Gasteiger charge is 2.02. The second-order valence-corrected chi connectivity index (χ2v) is 4.98. The summed E-state index contributed by atoms with van der Waals surface area (Å²) < 4.78 is 3.29. The summed E-state index contributed by atoms with van der Waals surface area (Å²) in [5, 5.41) is 3.37. The standard InChI is InChI=1S/C11H13N3S2/c1-7-4-5-8-9(6-7)16-11(14(8)3)13-10(15)12-2/h4-6H,1-3H3,(H,12,15). The number of hydrogen-bond donors (Lipinski definition) is 1. The number of fused-ring (bicyclic) bond motifs is 1. The van der Waals surface area contributed by atoms with Crippen LogP contribution in [0.2, 0.25) is 0 Å². The number of thiocarbonyl (C=S) groups is 1. The maximum absolute atomic E-state index is 5.04. The molecule has 0 radical (unpaired) electrons. The summed E-state index contributed by atoms with van der Waals surface area (Å²) in [7, 11) is 3.79. The SMILES string of the molecule is CNC(=S)N=c1sc2cc(C)ccc2n1C. The van der Waals surface area contributed by atoms with Crippen LogP contribution in [0.1, 0.15) is 5.56 Å². The highest BCUT2D eigenvalue weighted by atomic mass is 32.1. The van der Waals surface area contributed by atoms with Crippen molar-refractivity contribution in [2.24, 2.45) is 12.0 Å². The van der Waals surface area contributed by atoms with Gasteiger partial charge in [-0.2, -0.15) is 4.99 Å². The highest BCUT2D eigenvalue weighted by molar-refractivity contribution is 7.80. The molecule has 0 aliphatic carbocycles. The Bertz CT molecular complexity index is 607. The molecule has 3 nitrogen and oxygen atoms in total. The van der Waals surface area contributed by atoms with Gasteiger partial charge < -0.3 is 9.88 Å². The van der Waals surface area contributed by atoms with Crippen molar-refractivity contribution in [2.45, 2.75) is 6.92 Å². The minimum absolute atomic E-state index is 0.513. The Morgan fingerprint density at radius 1 is 1.50 bits per heavy atom. The lowest BCUT2D eigenvalue weighted by Gasteiger charge is -1.96. The molecule has 0 fully saturated rings. The van der Waals surface area contributed by atoms with Gasteiger partial charge in [0.1, 0.15) is 0 Å². The molecule has 0 saturated heterocycles. The predicted octanol–water partition coefficient (Wildman–Crippen LogP) is 1.95. The molecule has 84 valence electrons. The fourth-order valence-corrected chi connectivity index (χ4v) is 2.76. The van der Waals surface area contributed by atoms with Gasteiger partial charge >= 0.3 is 0 Å². The van der Waals surface area contributed by atoms with Crippen molar-refractivity contribution in [2.75, 3.05) is 7.05 Å². The van der Waals surface area contributed by atoms with Gasteiger partial charge in [-0.3, -0.25) is 0 Å². The molecule has 0 spiro atoms. The Labute approximate surface area is 103 Å². The van der Waals surface area contributed by atoms with Gasteiger partial charge in [0.2, 0.25) is 0 Å². The molecular formula is C11H13N3S2. The van der Waals surface area contributed by atoms with Crippen LogP contribution >= 0.6 is 23.6 Å². The number of nitrogens with zero attached hydrogens (tertiary/aromatic N) is 2. The average Bonchev–Trinajstić information content (AvgIpc) is 2.55. The second-order valence-electron chi connectivity index (χ2n) is 3.58. The van der Waals surface area contributed by atoms with E-state index < -0.39 is 0 Å². The Morgan fingerprint density at radius 2 is 2.25 bits per heavy atom. The molecule has 0 bridgehead atoms. The summed E-state index contributed by atoms with van der Waals surface area (Å²) in [5.41, 5.74) is 2.45. The first-order chi connectivity index (χ1) is 7.61. The van der Waals surface area contributed by atoms with E-state index in [1.165, 1.54) is 15.8 Å². The summed E-state index contributed by atoms with van der Waals surface area (Å²) in [6.45, 7) is 2.09. The van der Waals surface area contributed by atoms with E-state index in [0.29, 0.717) is 5.11 Å². The molecule has 0 unspecified atom stereocenters. The third-order valence-electron chi connectivity index (χ3n) is 2.38. The molecule has 1 aromatic carbocycles. The van der Waals surface area contributed by atoms with Gasteiger partial charge in [-0.25, -0.2) is 0 Å². The fraction of sp³-hybridized carbons (Fsp3) is 0.273. The van der Waals surface area contributed by atoms with Crippen molar-refractivity contribution in [3.8, 4) is 0 Å². The van der Waals surface area contributed by atoms with E-state index in [2.05, 4.69) is 40.0 Å². The van der Waals surface area contributed by atoms with Crippen LogP contribution in [0.15, 0.2) is 23.2 Å². The summed E-state index contributed by atoms with van der Waals surface area (Å²) in [5.74, 6) is 0. The van der Waals surface area contributed by atoms with Gasteiger partial charge in [-0.1, -0.05) is 17.4 Å². The van der Waals surface area contributed by atoms with Crippen molar-refractivity contribution in [1.82, 2.24) is 9.88 Å². The first kappa shape index (κ1) is 11.3. The number of benzene rings is 1. The summed E-state index contributed by atoms with van der Waals surface area (Å²) in [6.07, 6.45) is 0. The van der Waals surface area contributed by atoms with E-state index in [-0.39, 0.29) is 0 Å². The molecule has 0 aliphatic rings. The molecule has 1 heterocycles. The number of nitrogens with one attached hydrogen (secondary N) is 1. The van der Waals surface area contributed by atoms with E-state index in [1.807, 2.05) is 7.05 Å². The second kappa shape index (κ2) is 4.35. The largest absolute Gasteiger partial charge is 0.364 e. The third-order valence-corrected chi connectivity index (χ3v) is 3.77. The van der Waals surface area contributed by atoms with Gasteiger partial charge in [0, 0.05) is 14.1 Å².